The second kappa shape index (κ2) is 8.67. The van der Waals surface area contributed by atoms with Crippen molar-refractivity contribution in [2.24, 2.45) is 0 Å². The third-order valence-electron chi connectivity index (χ3n) is 3.31. The lowest BCUT2D eigenvalue weighted by molar-refractivity contribution is 0.0716. The molecule has 0 saturated carbocycles. The molecule has 2 aromatic rings. The maximum absolute atomic E-state index is 12.1. The topological polar surface area (TPSA) is 72.8 Å². The number of carbonyl (C=O) groups is 1. The quantitative estimate of drug-likeness (QED) is 0.565. The van der Waals surface area contributed by atoms with Crippen LogP contribution in [0.5, 0.6) is 5.75 Å². The molecule has 0 aliphatic rings. The minimum Gasteiger partial charge on any atom is -0.494 e. The smallest absolute Gasteiger partial charge is 0.383 e. The number of unbranched alkanes of at least 4 members (excludes halogenated alkanes) is 1. The molecule has 5 nitrogen and oxygen atoms in total. The Morgan fingerprint density at radius 3 is 2.38 bits per heavy atom. The van der Waals surface area contributed by atoms with Gasteiger partial charge >= 0.3 is 13.6 Å². The van der Waals surface area contributed by atoms with E-state index in [1.807, 2.05) is 6.07 Å². The van der Waals surface area contributed by atoms with Gasteiger partial charge in [0, 0.05) is 0 Å². The zero-order chi connectivity index (χ0) is 17.4. The number of hydrogen-bond acceptors (Lipinski definition) is 4. The number of benzene rings is 2. The number of rotatable bonds is 8. The van der Waals surface area contributed by atoms with Crippen LogP contribution in [0.15, 0.2) is 54.6 Å². The van der Waals surface area contributed by atoms with Crippen molar-refractivity contribution in [3.8, 4) is 5.75 Å². The minimum absolute atomic E-state index is 0.208. The van der Waals surface area contributed by atoms with E-state index in [4.69, 9.17) is 9.26 Å². The van der Waals surface area contributed by atoms with E-state index in [2.05, 4.69) is 6.92 Å². The Hall–Kier alpha value is -2.10. The molecule has 1 N–H and O–H groups in total. The van der Waals surface area contributed by atoms with Crippen LogP contribution in [0.1, 0.15) is 35.7 Å². The second-order valence-corrected chi connectivity index (χ2v) is 7.16. The largest absolute Gasteiger partial charge is 0.494 e. The molecule has 128 valence electrons. The molecule has 2 rings (SSSR count). The fourth-order valence-corrected chi connectivity index (χ4v) is 3.15. The summed E-state index contributed by atoms with van der Waals surface area (Å²) < 4.78 is 22.4. The van der Waals surface area contributed by atoms with Gasteiger partial charge in [-0.15, -0.1) is 0 Å². The summed E-state index contributed by atoms with van der Waals surface area (Å²) in [6, 6.07) is 15.1. The van der Waals surface area contributed by atoms with E-state index in [0.717, 1.165) is 12.8 Å². The van der Waals surface area contributed by atoms with E-state index in [0.29, 0.717) is 17.9 Å². The van der Waals surface area contributed by atoms with Crippen molar-refractivity contribution in [3.63, 3.8) is 0 Å². The number of ether oxygens (including phenoxy) is 1. The fourth-order valence-electron chi connectivity index (χ4n) is 2.05. The third-order valence-corrected chi connectivity index (χ3v) is 4.52. The molecule has 6 heteroatoms. The highest BCUT2D eigenvalue weighted by molar-refractivity contribution is 7.52. The lowest BCUT2D eigenvalue weighted by Crippen LogP contribution is -2.05. The highest BCUT2D eigenvalue weighted by Crippen LogP contribution is 2.46. The normalized spacial score (nSPS) is 13.1. The van der Waals surface area contributed by atoms with Crippen LogP contribution >= 0.6 is 7.60 Å². The summed E-state index contributed by atoms with van der Waals surface area (Å²) in [7, 11) is -4.05. The molecule has 0 fully saturated rings. The molecular formula is C18H21O5P. The average molecular weight is 348 g/mol. The van der Waals surface area contributed by atoms with Crippen molar-refractivity contribution in [1.82, 2.24) is 0 Å². The Morgan fingerprint density at radius 1 is 1.08 bits per heavy atom. The molecule has 0 saturated heterocycles. The maximum Gasteiger partial charge on any atom is 0.383 e. The van der Waals surface area contributed by atoms with Gasteiger partial charge in [-0.05, 0) is 36.2 Å². The summed E-state index contributed by atoms with van der Waals surface area (Å²) in [6.07, 6.45) is 1.78. The Morgan fingerprint density at radius 2 is 1.75 bits per heavy atom. The first kappa shape index (κ1) is 18.2. The average Bonchev–Trinajstić information content (AvgIpc) is 2.55. The van der Waals surface area contributed by atoms with Crippen LogP contribution in [-0.4, -0.2) is 17.5 Å². The standard InChI is InChI=1S/C18H21O5P/c1-2-3-13-22-17-11-9-16(10-12-17)18(19)23-24(20,21)14-15-7-5-4-6-8-15/h4-12H,2-3,13-14H2,1H3,(H,20,21). The maximum atomic E-state index is 12.1. The van der Waals surface area contributed by atoms with Gasteiger partial charge in [-0.1, -0.05) is 43.7 Å². The van der Waals surface area contributed by atoms with Gasteiger partial charge in [0.25, 0.3) is 0 Å². The molecule has 24 heavy (non-hydrogen) atoms. The molecule has 0 aromatic heterocycles. The molecule has 0 radical (unpaired) electrons. The van der Waals surface area contributed by atoms with Gasteiger partial charge in [0.2, 0.25) is 0 Å². The predicted octanol–water partition coefficient (Wildman–Crippen LogP) is 4.41. The third kappa shape index (κ3) is 5.84. The predicted molar refractivity (Wildman–Crippen MR) is 92.2 cm³/mol. The zero-order valence-electron chi connectivity index (χ0n) is 13.6. The molecule has 2 aromatic carbocycles. The number of carbonyl (C=O) groups excluding carboxylic acids is 1. The first-order valence-electron chi connectivity index (χ1n) is 7.83. The van der Waals surface area contributed by atoms with E-state index < -0.39 is 13.6 Å². The molecule has 1 unspecified atom stereocenters. The van der Waals surface area contributed by atoms with Gasteiger partial charge < -0.3 is 14.2 Å². The van der Waals surface area contributed by atoms with Gasteiger partial charge in [0.05, 0.1) is 18.3 Å². The van der Waals surface area contributed by atoms with Crippen molar-refractivity contribution in [2.45, 2.75) is 25.9 Å². The minimum atomic E-state index is -4.05. The summed E-state index contributed by atoms with van der Waals surface area (Å²) >= 11 is 0. The van der Waals surface area contributed by atoms with Crippen LogP contribution in [0.25, 0.3) is 0 Å². The summed E-state index contributed by atoms with van der Waals surface area (Å²) in [5.41, 5.74) is 0.844. The van der Waals surface area contributed by atoms with Gasteiger partial charge in [-0.3, -0.25) is 0 Å². The van der Waals surface area contributed by atoms with Crippen LogP contribution in [0, 0.1) is 0 Å². The second-order valence-electron chi connectivity index (χ2n) is 5.39. The monoisotopic (exact) mass is 348 g/mol. The summed E-state index contributed by atoms with van der Waals surface area (Å²) in [6.45, 7) is 2.69. The van der Waals surface area contributed by atoms with Crippen LogP contribution in [0.3, 0.4) is 0 Å². The van der Waals surface area contributed by atoms with Crippen LogP contribution in [0.4, 0.5) is 0 Å². The number of hydrogen-bond donors (Lipinski definition) is 1. The van der Waals surface area contributed by atoms with Crippen molar-refractivity contribution in [1.29, 1.82) is 0 Å². The molecular weight excluding hydrogens is 327 g/mol. The lowest BCUT2D eigenvalue weighted by atomic mass is 10.2. The first-order chi connectivity index (χ1) is 11.5. The molecule has 1 atom stereocenters. The van der Waals surface area contributed by atoms with Gasteiger partial charge in [-0.2, -0.15) is 0 Å². The van der Waals surface area contributed by atoms with E-state index in [9.17, 15) is 14.3 Å². The summed E-state index contributed by atoms with van der Waals surface area (Å²) in [5, 5.41) is 0. The van der Waals surface area contributed by atoms with Crippen molar-refractivity contribution >= 4 is 13.6 Å². The summed E-state index contributed by atoms with van der Waals surface area (Å²) in [5.74, 6) is -0.173. The molecule has 0 bridgehead atoms. The van der Waals surface area contributed by atoms with E-state index in [1.54, 1.807) is 36.4 Å². The van der Waals surface area contributed by atoms with Gasteiger partial charge in [0.15, 0.2) is 0 Å². The van der Waals surface area contributed by atoms with E-state index in [1.165, 1.54) is 12.1 Å². The van der Waals surface area contributed by atoms with E-state index in [-0.39, 0.29) is 11.7 Å². The molecule has 0 amide bonds. The van der Waals surface area contributed by atoms with Gasteiger partial charge in [-0.25, -0.2) is 9.36 Å². The SMILES string of the molecule is CCCCOc1ccc(C(=O)OP(=O)(O)Cc2ccccc2)cc1. The Balaban J connectivity index is 1.94. The van der Waals surface area contributed by atoms with Gasteiger partial charge in [0.1, 0.15) is 5.75 Å². The molecule has 0 heterocycles. The van der Waals surface area contributed by atoms with Crippen LogP contribution in [0.2, 0.25) is 0 Å². The molecule has 0 aliphatic heterocycles. The highest BCUT2D eigenvalue weighted by atomic mass is 31.2. The van der Waals surface area contributed by atoms with Crippen molar-refractivity contribution < 1.29 is 23.5 Å². The zero-order valence-corrected chi connectivity index (χ0v) is 14.4. The van der Waals surface area contributed by atoms with Crippen molar-refractivity contribution in [2.75, 3.05) is 6.61 Å². The Kier molecular flexibility index (Phi) is 6.59. The van der Waals surface area contributed by atoms with Crippen LogP contribution in [-0.2, 0) is 15.3 Å². The first-order valence-corrected chi connectivity index (χ1v) is 9.59. The Labute approximate surface area is 141 Å². The summed E-state index contributed by atoms with van der Waals surface area (Å²) in [4.78, 5) is 21.9. The highest BCUT2D eigenvalue weighted by Gasteiger charge is 2.25. The van der Waals surface area contributed by atoms with E-state index >= 15 is 0 Å². The lowest BCUT2D eigenvalue weighted by Gasteiger charge is -2.12. The molecule has 0 spiro atoms. The fraction of sp³-hybridized carbons (Fsp3) is 0.278. The van der Waals surface area contributed by atoms with Crippen LogP contribution < -0.4 is 4.74 Å². The molecule has 0 aliphatic carbocycles. The van der Waals surface area contributed by atoms with Crippen molar-refractivity contribution in [3.05, 3.63) is 65.7 Å². The Bertz CT molecular complexity index is 697.